The third-order valence-corrected chi connectivity index (χ3v) is 8.98. The summed E-state index contributed by atoms with van der Waals surface area (Å²) in [5.41, 5.74) is 1.68. The van der Waals surface area contributed by atoms with Crippen LogP contribution in [0, 0.1) is 18.8 Å². The van der Waals surface area contributed by atoms with Crippen LogP contribution in [0.3, 0.4) is 0 Å². The Morgan fingerprint density at radius 1 is 1.07 bits per heavy atom. The zero-order chi connectivity index (χ0) is 27.9. The van der Waals surface area contributed by atoms with Crippen molar-refractivity contribution in [2.24, 2.45) is 11.8 Å². The average Bonchev–Trinajstić information content (AvgIpc) is 3.60. The van der Waals surface area contributed by atoms with Crippen molar-refractivity contribution in [3.63, 3.8) is 0 Å². The first-order valence-electron chi connectivity index (χ1n) is 14.4. The molecule has 2 N–H and O–H groups in total. The lowest BCUT2D eigenvalue weighted by Crippen LogP contribution is -2.56. The van der Waals surface area contributed by atoms with Crippen LogP contribution in [0.15, 0.2) is 60.7 Å². The van der Waals surface area contributed by atoms with E-state index in [9.17, 15) is 14.4 Å². The first-order valence-corrected chi connectivity index (χ1v) is 14.4. The minimum Gasteiger partial charge on any atom is -0.497 e. The van der Waals surface area contributed by atoms with E-state index >= 15 is 0 Å². The van der Waals surface area contributed by atoms with E-state index in [2.05, 4.69) is 22.8 Å². The van der Waals surface area contributed by atoms with Gasteiger partial charge in [0, 0.05) is 24.3 Å². The van der Waals surface area contributed by atoms with E-state index < -0.39 is 29.6 Å². The van der Waals surface area contributed by atoms with Gasteiger partial charge >= 0.3 is 0 Å². The quantitative estimate of drug-likeness (QED) is 0.494. The van der Waals surface area contributed by atoms with Crippen LogP contribution in [0.1, 0.15) is 43.2 Å². The average molecular weight is 544 g/mol. The first kappa shape index (κ1) is 26.6. The molecule has 210 valence electrons. The number of hydrogen-bond acceptors (Lipinski definition) is 5. The Kier molecular flexibility index (Phi) is 7.13. The number of carbonyl (C=O) groups excluding carboxylic acids is 3. The number of nitrogens with one attached hydrogen (secondary N) is 2. The number of benzene rings is 2. The van der Waals surface area contributed by atoms with Crippen LogP contribution in [0.25, 0.3) is 0 Å². The zero-order valence-corrected chi connectivity index (χ0v) is 23.1. The van der Waals surface area contributed by atoms with Crippen LogP contribution < -0.4 is 15.4 Å². The summed E-state index contributed by atoms with van der Waals surface area (Å²) in [5, 5.41) is 6.20. The molecule has 8 heteroatoms. The maximum atomic E-state index is 14.2. The SMILES string of the molecule is COc1cccc(NC(=O)[C@@H]2[C@@H]3C=C[C@]4(O3)[C@@H]2C(=O)N(CCc2ccc(C)cc2)[C@@H]4C(=O)NC2CCCCC2)c1. The van der Waals surface area contributed by atoms with Crippen molar-refractivity contribution >= 4 is 23.4 Å². The number of carbonyl (C=O) groups is 3. The topological polar surface area (TPSA) is 97.0 Å². The third kappa shape index (κ3) is 4.68. The molecule has 8 nitrogen and oxygen atoms in total. The molecule has 4 aliphatic rings. The van der Waals surface area contributed by atoms with E-state index in [-0.39, 0.29) is 23.8 Å². The number of amides is 3. The summed E-state index contributed by atoms with van der Waals surface area (Å²) in [6, 6.07) is 14.6. The summed E-state index contributed by atoms with van der Waals surface area (Å²) in [4.78, 5) is 43.4. The van der Waals surface area contributed by atoms with Gasteiger partial charge in [-0.1, -0.05) is 67.3 Å². The summed E-state index contributed by atoms with van der Waals surface area (Å²) >= 11 is 0. The lowest BCUT2D eigenvalue weighted by atomic mass is 9.74. The fourth-order valence-corrected chi connectivity index (χ4v) is 6.97. The Balaban J connectivity index is 1.28. The molecule has 0 unspecified atom stereocenters. The molecule has 40 heavy (non-hydrogen) atoms. The number of anilines is 1. The van der Waals surface area contributed by atoms with Gasteiger partial charge in [-0.2, -0.15) is 0 Å². The van der Waals surface area contributed by atoms with Crippen LogP contribution >= 0.6 is 0 Å². The molecular formula is C32H37N3O5. The molecule has 1 saturated carbocycles. The van der Waals surface area contributed by atoms with Gasteiger partial charge in [-0.3, -0.25) is 14.4 Å². The number of likely N-dealkylation sites (tertiary alicyclic amines) is 1. The number of ether oxygens (including phenoxy) is 2. The van der Waals surface area contributed by atoms with Crippen molar-refractivity contribution in [3.8, 4) is 5.75 Å². The van der Waals surface area contributed by atoms with Crippen molar-refractivity contribution in [3.05, 3.63) is 71.8 Å². The second-order valence-corrected chi connectivity index (χ2v) is 11.5. The van der Waals surface area contributed by atoms with E-state index in [1.807, 2.05) is 31.2 Å². The second-order valence-electron chi connectivity index (χ2n) is 11.5. The lowest BCUT2D eigenvalue weighted by Gasteiger charge is -2.34. The Morgan fingerprint density at radius 2 is 1.85 bits per heavy atom. The largest absolute Gasteiger partial charge is 0.497 e. The molecule has 2 aromatic carbocycles. The monoisotopic (exact) mass is 543 g/mol. The molecule has 6 rings (SSSR count). The second kappa shape index (κ2) is 10.7. The van der Waals surface area contributed by atoms with E-state index in [1.54, 1.807) is 36.3 Å². The summed E-state index contributed by atoms with van der Waals surface area (Å²) in [7, 11) is 1.57. The maximum Gasteiger partial charge on any atom is 0.246 e. The number of methoxy groups -OCH3 is 1. The summed E-state index contributed by atoms with van der Waals surface area (Å²) in [5.74, 6) is -1.57. The van der Waals surface area contributed by atoms with Gasteiger partial charge in [0.05, 0.1) is 25.0 Å². The number of nitrogens with zero attached hydrogens (tertiary/aromatic N) is 1. The van der Waals surface area contributed by atoms with Gasteiger partial charge < -0.3 is 25.0 Å². The fourth-order valence-electron chi connectivity index (χ4n) is 6.97. The van der Waals surface area contributed by atoms with Crippen molar-refractivity contribution in [1.29, 1.82) is 0 Å². The van der Waals surface area contributed by atoms with Crippen molar-refractivity contribution in [1.82, 2.24) is 10.2 Å². The van der Waals surface area contributed by atoms with E-state index in [4.69, 9.17) is 9.47 Å². The zero-order valence-electron chi connectivity index (χ0n) is 23.1. The number of rotatable bonds is 8. The number of hydrogen-bond donors (Lipinski definition) is 2. The van der Waals surface area contributed by atoms with E-state index in [0.717, 1.165) is 31.2 Å². The Bertz CT molecular complexity index is 1320. The van der Waals surface area contributed by atoms with Crippen molar-refractivity contribution in [2.75, 3.05) is 19.0 Å². The molecule has 3 heterocycles. The van der Waals surface area contributed by atoms with Crippen LogP contribution in [-0.4, -0.2) is 60.1 Å². The smallest absolute Gasteiger partial charge is 0.246 e. The summed E-state index contributed by atoms with van der Waals surface area (Å²) in [6.07, 6.45) is 9.00. The van der Waals surface area contributed by atoms with Gasteiger partial charge in [-0.05, 0) is 43.9 Å². The first-order chi connectivity index (χ1) is 19.4. The highest BCUT2D eigenvalue weighted by atomic mass is 16.5. The van der Waals surface area contributed by atoms with Crippen LogP contribution in [0.4, 0.5) is 5.69 Å². The Morgan fingerprint density at radius 3 is 2.60 bits per heavy atom. The molecule has 2 aromatic rings. The molecule has 0 radical (unpaired) electrons. The highest BCUT2D eigenvalue weighted by molar-refractivity contribution is 6.02. The fraction of sp³-hybridized carbons (Fsp3) is 0.469. The minimum absolute atomic E-state index is 0.0977. The van der Waals surface area contributed by atoms with Gasteiger partial charge in [0.15, 0.2) is 0 Å². The molecule has 1 spiro atoms. The third-order valence-electron chi connectivity index (χ3n) is 8.98. The van der Waals surface area contributed by atoms with Gasteiger partial charge in [0.2, 0.25) is 17.7 Å². The predicted octanol–water partition coefficient (Wildman–Crippen LogP) is 3.78. The summed E-state index contributed by atoms with van der Waals surface area (Å²) in [6.45, 7) is 2.41. The van der Waals surface area contributed by atoms with Crippen molar-refractivity contribution < 1.29 is 23.9 Å². The number of fused-ring (bicyclic) bond motifs is 1. The van der Waals surface area contributed by atoms with Gasteiger partial charge in [-0.25, -0.2) is 0 Å². The van der Waals surface area contributed by atoms with Gasteiger partial charge in [-0.15, -0.1) is 0 Å². The van der Waals surface area contributed by atoms with Crippen LogP contribution in [0.5, 0.6) is 5.75 Å². The molecule has 0 aromatic heterocycles. The highest BCUT2D eigenvalue weighted by Crippen LogP contribution is 2.55. The minimum atomic E-state index is -1.16. The Hall–Kier alpha value is -3.65. The Labute approximate surface area is 235 Å². The summed E-state index contributed by atoms with van der Waals surface area (Å²) < 4.78 is 11.8. The number of aryl methyl sites for hydroxylation is 1. The van der Waals surface area contributed by atoms with Crippen molar-refractivity contribution in [2.45, 2.75) is 69.2 Å². The van der Waals surface area contributed by atoms with Crippen LogP contribution in [0.2, 0.25) is 0 Å². The molecule has 5 atom stereocenters. The predicted molar refractivity (Wildman–Crippen MR) is 151 cm³/mol. The van der Waals surface area contributed by atoms with Crippen LogP contribution in [-0.2, 0) is 25.5 Å². The molecule has 3 aliphatic heterocycles. The van der Waals surface area contributed by atoms with Gasteiger partial charge in [0.25, 0.3) is 0 Å². The molecule has 2 bridgehead atoms. The normalized spacial score (nSPS) is 28.9. The highest BCUT2D eigenvalue weighted by Gasteiger charge is 2.72. The lowest BCUT2D eigenvalue weighted by molar-refractivity contribution is -0.141. The molecule has 1 aliphatic carbocycles. The van der Waals surface area contributed by atoms with E-state index in [1.165, 1.54) is 12.0 Å². The molecular weight excluding hydrogens is 506 g/mol. The molecule has 3 fully saturated rings. The van der Waals surface area contributed by atoms with Gasteiger partial charge in [0.1, 0.15) is 17.4 Å². The van der Waals surface area contributed by atoms with E-state index in [0.29, 0.717) is 24.4 Å². The molecule has 3 amide bonds. The molecule has 2 saturated heterocycles. The standard InChI is InChI=1S/C32H37N3O5/c1-20-11-13-21(14-12-20)16-18-35-28(30(37)33-22-7-4-3-5-8-22)32-17-15-25(40-32)26(27(32)31(35)38)29(36)34-23-9-6-10-24(19-23)39-2/h6,9-15,17,19,22,25-28H,3-5,7-8,16,18H2,1-2H3,(H,33,37)(H,34,36)/t25-,26+,27-,28+,32-/m0/s1. The maximum absolute atomic E-state index is 14.2.